The molecule has 0 aliphatic carbocycles. The van der Waals surface area contributed by atoms with Crippen LogP contribution >= 0.6 is 23.2 Å². The van der Waals surface area contributed by atoms with Gasteiger partial charge in [0.25, 0.3) is 0 Å². The maximum atomic E-state index is 12.3. The molecule has 0 heterocycles. The minimum absolute atomic E-state index is 0.159. The number of hydrogen-bond donors (Lipinski definition) is 0. The average molecular weight is 343 g/mol. The summed E-state index contributed by atoms with van der Waals surface area (Å²) in [6, 6.07) is 11.4. The number of carbonyl (C=O) groups excluding carboxylic acids is 1. The summed E-state index contributed by atoms with van der Waals surface area (Å²) < 4.78 is 17.3. The van der Waals surface area contributed by atoms with Gasteiger partial charge in [0.15, 0.2) is 5.78 Å². The molecule has 21 heavy (non-hydrogen) atoms. The SMILES string of the molecule is COc1cccc(S(=O)CC(=O)c2cc(Cl)ccc2Cl)c1. The van der Waals surface area contributed by atoms with Gasteiger partial charge in [-0.05, 0) is 36.4 Å². The summed E-state index contributed by atoms with van der Waals surface area (Å²) in [7, 11) is 0.0547. The van der Waals surface area contributed by atoms with Crippen LogP contribution in [-0.2, 0) is 10.8 Å². The quantitative estimate of drug-likeness (QED) is 0.771. The molecule has 110 valence electrons. The first kappa shape index (κ1) is 16.0. The van der Waals surface area contributed by atoms with E-state index in [1.165, 1.54) is 13.2 Å². The fraction of sp³-hybridized carbons (Fsp3) is 0.133. The van der Waals surface area contributed by atoms with Gasteiger partial charge in [-0.25, -0.2) is 0 Å². The van der Waals surface area contributed by atoms with Gasteiger partial charge in [-0.1, -0.05) is 29.3 Å². The second-order valence-electron chi connectivity index (χ2n) is 4.22. The van der Waals surface area contributed by atoms with Crippen LogP contribution < -0.4 is 4.74 Å². The lowest BCUT2D eigenvalue weighted by Crippen LogP contribution is -2.11. The second kappa shape index (κ2) is 7.07. The maximum absolute atomic E-state index is 12.3. The maximum Gasteiger partial charge on any atom is 0.177 e. The van der Waals surface area contributed by atoms with Crippen LogP contribution in [0.25, 0.3) is 0 Å². The Bertz CT molecular complexity index is 701. The molecule has 1 atom stereocenters. The van der Waals surface area contributed by atoms with E-state index in [2.05, 4.69) is 0 Å². The Kier molecular flexibility index (Phi) is 5.39. The van der Waals surface area contributed by atoms with E-state index in [-0.39, 0.29) is 17.1 Å². The summed E-state index contributed by atoms with van der Waals surface area (Å²) in [4.78, 5) is 12.7. The van der Waals surface area contributed by atoms with Gasteiger partial charge in [0.1, 0.15) is 5.75 Å². The van der Waals surface area contributed by atoms with E-state index < -0.39 is 10.8 Å². The number of ether oxygens (including phenoxy) is 1. The van der Waals surface area contributed by atoms with Crippen molar-refractivity contribution in [2.45, 2.75) is 4.90 Å². The molecule has 2 aromatic carbocycles. The normalized spacial score (nSPS) is 12.0. The van der Waals surface area contributed by atoms with Gasteiger partial charge < -0.3 is 4.74 Å². The first-order valence-corrected chi connectivity index (χ1v) is 8.09. The van der Waals surface area contributed by atoms with Crippen LogP contribution in [0.4, 0.5) is 0 Å². The van der Waals surface area contributed by atoms with Crippen molar-refractivity contribution < 1.29 is 13.7 Å². The van der Waals surface area contributed by atoms with Crippen LogP contribution in [0.15, 0.2) is 47.4 Å². The zero-order chi connectivity index (χ0) is 15.4. The molecule has 2 rings (SSSR count). The van der Waals surface area contributed by atoms with Crippen molar-refractivity contribution >= 4 is 39.8 Å². The van der Waals surface area contributed by atoms with E-state index in [4.69, 9.17) is 27.9 Å². The van der Waals surface area contributed by atoms with Gasteiger partial charge in [-0.15, -0.1) is 0 Å². The summed E-state index contributed by atoms with van der Waals surface area (Å²) in [5.74, 6) is 0.116. The molecule has 0 saturated heterocycles. The van der Waals surface area contributed by atoms with Crippen molar-refractivity contribution in [1.29, 1.82) is 0 Å². The number of hydrogen-bond acceptors (Lipinski definition) is 3. The van der Waals surface area contributed by atoms with E-state index in [1.807, 2.05) is 0 Å². The van der Waals surface area contributed by atoms with Gasteiger partial charge >= 0.3 is 0 Å². The molecule has 2 aromatic rings. The number of carbonyl (C=O) groups is 1. The first-order chi connectivity index (χ1) is 10.0. The fourth-order valence-electron chi connectivity index (χ4n) is 1.73. The highest BCUT2D eigenvalue weighted by molar-refractivity contribution is 7.85. The number of methoxy groups -OCH3 is 1. The minimum atomic E-state index is -1.47. The summed E-state index contributed by atoms with van der Waals surface area (Å²) in [5.41, 5.74) is 0.278. The lowest BCUT2D eigenvalue weighted by molar-refractivity contribution is 0.102. The molecule has 0 amide bonds. The Labute approximate surface area is 135 Å². The molecule has 6 heteroatoms. The highest BCUT2D eigenvalue weighted by Crippen LogP contribution is 2.22. The van der Waals surface area contributed by atoms with Crippen LogP contribution in [0.3, 0.4) is 0 Å². The summed E-state index contributed by atoms with van der Waals surface area (Å²) >= 11 is 11.8. The van der Waals surface area contributed by atoms with Crippen molar-refractivity contribution in [3.05, 3.63) is 58.1 Å². The van der Waals surface area contributed by atoms with Crippen molar-refractivity contribution in [2.75, 3.05) is 12.9 Å². The lowest BCUT2D eigenvalue weighted by Gasteiger charge is -2.06. The van der Waals surface area contributed by atoms with Gasteiger partial charge in [0.2, 0.25) is 0 Å². The molecule has 0 spiro atoms. The lowest BCUT2D eigenvalue weighted by atomic mass is 10.1. The first-order valence-electron chi connectivity index (χ1n) is 6.02. The standard InChI is InChI=1S/C15H12Cl2O3S/c1-20-11-3-2-4-12(8-11)21(19)9-15(18)13-7-10(16)5-6-14(13)17/h2-8H,9H2,1H3. The van der Waals surface area contributed by atoms with Crippen LogP contribution in [0, 0.1) is 0 Å². The molecular formula is C15H12Cl2O3S. The number of Topliss-reactive ketones (excluding diaryl/α,β-unsaturated/α-hetero) is 1. The number of halogens is 2. The predicted molar refractivity (Wildman–Crippen MR) is 85.1 cm³/mol. The molecule has 0 bridgehead atoms. The number of ketones is 1. The van der Waals surface area contributed by atoms with E-state index in [1.54, 1.807) is 36.4 Å². The third-order valence-electron chi connectivity index (χ3n) is 2.80. The van der Waals surface area contributed by atoms with E-state index in [0.29, 0.717) is 20.7 Å². The molecule has 0 aromatic heterocycles. The smallest absolute Gasteiger partial charge is 0.177 e. The van der Waals surface area contributed by atoms with Gasteiger partial charge in [-0.3, -0.25) is 9.00 Å². The third kappa shape index (κ3) is 4.06. The van der Waals surface area contributed by atoms with Gasteiger partial charge in [0, 0.05) is 15.5 Å². The molecule has 0 fully saturated rings. The fourth-order valence-corrected chi connectivity index (χ4v) is 3.17. The van der Waals surface area contributed by atoms with Crippen molar-refractivity contribution in [2.24, 2.45) is 0 Å². The van der Waals surface area contributed by atoms with Gasteiger partial charge in [0.05, 0.1) is 28.7 Å². The van der Waals surface area contributed by atoms with Crippen LogP contribution in [-0.4, -0.2) is 22.9 Å². The Morgan fingerprint density at radius 2 is 1.95 bits per heavy atom. The topological polar surface area (TPSA) is 43.4 Å². The number of rotatable bonds is 5. The molecular weight excluding hydrogens is 331 g/mol. The van der Waals surface area contributed by atoms with Crippen LogP contribution in [0.1, 0.15) is 10.4 Å². The van der Waals surface area contributed by atoms with Crippen molar-refractivity contribution in [1.82, 2.24) is 0 Å². The highest BCUT2D eigenvalue weighted by atomic mass is 35.5. The molecule has 0 aliphatic rings. The zero-order valence-corrected chi connectivity index (χ0v) is 13.5. The van der Waals surface area contributed by atoms with Gasteiger partial charge in [-0.2, -0.15) is 0 Å². The summed E-state index contributed by atoms with van der Waals surface area (Å²) in [6.45, 7) is 0. The predicted octanol–water partition coefficient (Wildman–Crippen LogP) is 3.99. The minimum Gasteiger partial charge on any atom is -0.497 e. The summed E-state index contributed by atoms with van der Waals surface area (Å²) in [5, 5.41) is 0.710. The van der Waals surface area contributed by atoms with Crippen LogP contribution in [0.2, 0.25) is 10.0 Å². The molecule has 1 unspecified atom stereocenters. The second-order valence-corrected chi connectivity index (χ2v) is 6.51. The highest BCUT2D eigenvalue weighted by Gasteiger charge is 2.16. The molecule has 0 aliphatic heterocycles. The molecule has 0 radical (unpaired) electrons. The molecule has 0 saturated carbocycles. The van der Waals surface area contributed by atoms with Crippen molar-refractivity contribution in [3.8, 4) is 5.75 Å². The number of benzene rings is 2. The third-order valence-corrected chi connectivity index (χ3v) is 4.66. The Morgan fingerprint density at radius 1 is 1.19 bits per heavy atom. The average Bonchev–Trinajstić information content (AvgIpc) is 2.49. The molecule has 0 N–H and O–H groups in total. The van der Waals surface area contributed by atoms with E-state index in [9.17, 15) is 9.00 Å². The van der Waals surface area contributed by atoms with Crippen molar-refractivity contribution in [3.63, 3.8) is 0 Å². The Morgan fingerprint density at radius 3 is 2.67 bits per heavy atom. The van der Waals surface area contributed by atoms with E-state index >= 15 is 0 Å². The zero-order valence-electron chi connectivity index (χ0n) is 11.1. The molecule has 3 nitrogen and oxygen atoms in total. The Hall–Kier alpha value is -1.36. The largest absolute Gasteiger partial charge is 0.497 e. The monoisotopic (exact) mass is 342 g/mol. The van der Waals surface area contributed by atoms with E-state index in [0.717, 1.165) is 0 Å². The Balaban J connectivity index is 2.18. The summed E-state index contributed by atoms with van der Waals surface area (Å²) in [6.07, 6.45) is 0. The van der Waals surface area contributed by atoms with Crippen LogP contribution in [0.5, 0.6) is 5.75 Å².